The fraction of sp³-hybridized carbons (Fsp3) is 0.462. The van der Waals surface area contributed by atoms with E-state index in [1.807, 2.05) is 26.0 Å². The lowest BCUT2D eigenvalue weighted by atomic mass is 10.1. The van der Waals surface area contributed by atoms with E-state index in [0.717, 1.165) is 17.7 Å². The maximum atomic E-state index is 10.9. The van der Waals surface area contributed by atoms with Gasteiger partial charge in [0, 0.05) is 6.42 Å². The summed E-state index contributed by atoms with van der Waals surface area (Å²) in [6.07, 6.45) is 1.41. The van der Waals surface area contributed by atoms with E-state index < -0.39 is 0 Å². The number of carbonyl (C=O) groups excluding carboxylic acids is 1. The molecule has 0 aromatic heterocycles. The number of ether oxygens (including phenoxy) is 1. The molecule has 0 heterocycles. The van der Waals surface area contributed by atoms with Gasteiger partial charge in [-0.3, -0.25) is 0 Å². The molecule has 0 saturated heterocycles. The molecule has 0 spiro atoms. The van der Waals surface area contributed by atoms with Gasteiger partial charge in [0.2, 0.25) is 0 Å². The fourth-order valence-corrected chi connectivity index (χ4v) is 1.43. The summed E-state index contributed by atoms with van der Waals surface area (Å²) in [4.78, 5) is 10.9. The minimum absolute atomic E-state index is 0.230. The van der Waals surface area contributed by atoms with Crippen LogP contribution < -0.4 is 4.74 Å². The van der Waals surface area contributed by atoms with Crippen molar-refractivity contribution in [2.24, 2.45) is 0 Å². The van der Waals surface area contributed by atoms with Gasteiger partial charge in [-0.05, 0) is 44.4 Å². The van der Waals surface area contributed by atoms with Gasteiger partial charge in [0.15, 0.2) is 0 Å². The smallest absolute Gasteiger partial charge is 0.130 e. The zero-order chi connectivity index (χ0) is 11.3. The molecular formula is C13H18O2. The van der Waals surface area contributed by atoms with Crippen LogP contribution in [0.25, 0.3) is 0 Å². The lowest BCUT2D eigenvalue weighted by molar-refractivity contribution is -0.116. The largest absolute Gasteiger partial charge is 0.494 e. The summed E-state index contributed by atoms with van der Waals surface area (Å²) in [6.45, 7) is 6.30. The van der Waals surface area contributed by atoms with E-state index in [0.29, 0.717) is 13.0 Å². The molecule has 15 heavy (non-hydrogen) atoms. The summed E-state index contributed by atoms with van der Waals surface area (Å²) in [5.74, 6) is 1.16. The van der Waals surface area contributed by atoms with Crippen LogP contribution in [0.2, 0.25) is 0 Å². The third kappa shape index (κ3) is 3.74. The van der Waals surface area contributed by atoms with Crippen molar-refractivity contribution in [3.05, 3.63) is 29.3 Å². The summed E-state index contributed by atoms with van der Waals surface area (Å²) >= 11 is 0. The Labute approximate surface area is 91.3 Å². The summed E-state index contributed by atoms with van der Waals surface area (Å²) in [5, 5.41) is 0. The van der Waals surface area contributed by atoms with Crippen molar-refractivity contribution in [3.63, 3.8) is 0 Å². The molecule has 0 aliphatic heterocycles. The Morgan fingerprint density at radius 3 is 2.73 bits per heavy atom. The maximum Gasteiger partial charge on any atom is 0.130 e. The predicted octanol–water partition coefficient (Wildman–Crippen LogP) is 2.92. The maximum absolute atomic E-state index is 10.9. The topological polar surface area (TPSA) is 26.3 Å². The number of hydrogen-bond donors (Lipinski definition) is 0. The second-order valence-electron chi connectivity index (χ2n) is 3.73. The normalized spacial score (nSPS) is 10.1. The van der Waals surface area contributed by atoms with Crippen molar-refractivity contribution in [1.29, 1.82) is 0 Å². The van der Waals surface area contributed by atoms with Crippen LogP contribution in [0.3, 0.4) is 0 Å². The monoisotopic (exact) mass is 206 g/mol. The highest BCUT2D eigenvalue weighted by Gasteiger charge is 2.02. The minimum atomic E-state index is 0.230. The van der Waals surface area contributed by atoms with Crippen molar-refractivity contribution >= 4 is 5.78 Å². The molecule has 0 N–H and O–H groups in total. The molecule has 0 atom stereocenters. The van der Waals surface area contributed by atoms with Gasteiger partial charge in [-0.15, -0.1) is 0 Å². The first-order valence-corrected chi connectivity index (χ1v) is 5.35. The summed E-state index contributed by atoms with van der Waals surface area (Å²) < 4.78 is 5.50. The predicted molar refractivity (Wildman–Crippen MR) is 61.4 cm³/mol. The third-order valence-electron chi connectivity index (χ3n) is 2.32. The number of rotatable bonds is 5. The van der Waals surface area contributed by atoms with Crippen LogP contribution in [0.5, 0.6) is 5.75 Å². The average Bonchev–Trinajstić information content (AvgIpc) is 2.19. The van der Waals surface area contributed by atoms with Gasteiger partial charge in [0.1, 0.15) is 11.5 Å². The highest BCUT2D eigenvalue weighted by Crippen LogP contribution is 2.20. The van der Waals surface area contributed by atoms with Gasteiger partial charge in [-0.1, -0.05) is 12.1 Å². The number of carbonyl (C=O) groups is 1. The van der Waals surface area contributed by atoms with Crippen LogP contribution in [0, 0.1) is 6.92 Å². The standard InChI is InChI=1S/C13H18O2/c1-4-15-13-9-12(7-5-10(13)2)8-6-11(3)14/h5,7,9H,4,6,8H2,1-3H3. The quantitative estimate of drug-likeness (QED) is 0.740. The first-order chi connectivity index (χ1) is 7.13. The molecule has 1 aromatic rings. The second-order valence-corrected chi connectivity index (χ2v) is 3.73. The van der Waals surface area contributed by atoms with Gasteiger partial charge in [0.25, 0.3) is 0 Å². The Bertz CT molecular complexity index is 342. The van der Waals surface area contributed by atoms with Gasteiger partial charge in [-0.25, -0.2) is 0 Å². The summed E-state index contributed by atoms with van der Waals surface area (Å²) in [5.41, 5.74) is 2.31. The fourth-order valence-electron chi connectivity index (χ4n) is 1.43. The molecule has 0 aliphatic carbocycles. The number of ketones is 1. The number of benzene rings is 1. The van der Waals surface area contributed by atoms with E-state index in [-0.39, 0.29) is 5.78 Å². The van der Waals surface area contributed by atoms with E-state index >= 15 is 0 Å². The Balaban J connectivity index is 2.73. The van der Waals surface area contributed by atoms with Gasteiger partial charge < -0.3 is 9.53 Å². The molecule has 0 radical (unpaired) electrons. The van der Waals surface area contributed by atoms with Crippen molar-refractivity contribution in [3.8, 4) is 5.75 Å². The van der Waals surface area contributed by atoms with Gasteiger partial charge >= 0.3 is 0 Å². The molecule has 1 aromatic carbocycles. The zero-order valence-electron chi connectivity index (χ0n) is 9.67. The Kier molecular flexibility index (Phi) is 4.35. The number of hydrogen-bond acceptors (Lipinski definition) is 2. The Morgan fingerprint density at radius 1 is 1.40 bits per heavy atom. The Morgan fingerprint density at radius 2 is 2.13 bits per heavy atom. The van der Waals surface area contributed by atoms with Crippen molar-refractivity contribution in [2.75, 3.05) is 6.61 Å². The molecule has 0 amide bonds. The highest BCUT2D eigenvalue weighted by molar-refractivity contribution is 5.75. The molecule has 2 heteroatoms. The van der Waals surface area contributed by atoms with Crippen molar-refractivity contribution in [2.45, 2.75) is 33.6 Å². The molecule has 0 saturated carbocycles. The zero-order valence-corrected chi connectivity index (χ0v) is 9.67. The van der Waals surface area contributed by atoms with E-state index in [9.17, 15) is 4.79 Å². The Hall–Kier alpha value is -1.31. The first kappa shape index (κ1) is 11.8. The van der Waals surface area contributed by atoms with Gasteiger partial charge in [-0.2, -0.15) is 0 Å². The van der Waals surface area contributed by atoms with Crippen molar-refractivity contribution < 1.29 is 9.53 Å². The van der Waals surface area contributed by atoms with Crippen LogP contribution in [0.4, 0.5) is 0 Å². The average molecular weight is 206 g/mol. The summed E-state index contributed by atoms with van der Waals surface area (Å²) in [7, 11) is 0. The van der Waals surface area contributed by atoms with Crippen molar-refractivity contribution in [1.82, 2.24) is 0 Å². The van der Waals surface area contributed by atoms with Gasteiger partial charge in [0.05, 0.1) is 6.61 Å². The summed E-state index contributed by atoms with van der Waals surface area (Å²) in [6, 6.07) is 6.13. The molecule has 0 bridgehead atoms. The first-order valence-electron chi connectivity index (χ1n) is 5.35. The molecule has 0 aliphatic rings. The van der Waals surface area contributed by atoms with Crippen LogP contribution in [-0.4, -0.2) is 12.4 Å². The van der Waals surface area contributed by atoms with E-state index in [1.54, 1.807) is 6.92 Å². The highest BCUT2D eigenvalue weighted by atomic mass is 16.5. The van der Waals surface area contributed by atoms with Crippen LogP contribution >= 0.6 is 0 Å². The molecule has 2 nitrogen and oxygen atoms in total. The lowest BCUT2D eigenvalue weighted by Gasteiger charge is -2.08. The van der Waals surface area contributed by atoms with E-state index in [1.165, 1.54) is 5.56 Å². The third-order valence-corrected chi connectivity index (χ3v) is 2.32. The molecule has 1 rings (SSSR count). The second kappa shape index (κ2) is 5.54. The number of aryl methyl sites for hydroxylation is 2. The van der Waals surface area contributed by atoms with Crippen LogP contribution in [0.15, 0.2) is 18.2 Å². The SMILES string of the molecule is CCOc1cc(CCC(C)=O)ccc1C. The molecule has 82 valence electrons. The van der Waals surface area contributed by atoms with E-state index in [2.05, 4.69) is 6.07 Å². The molecular weight excluding hydrogens is 188 g/mol. The molecule has 0 unspecified atom stereocenters. The van der Waals surface area contributed by atoms with E-state index in [4.69, 9.17) is 4.74 Å². The van der Waals surface area contributed by atoms with Crippen LogP contribution in [0.1, 0.15) is 31.4 Å². The number of Topliss-reactive ketones (excluding diaryl/α,β-unsaturated/α-hetero) is 1. The molecule has 0 fully saturated rings. The van der Waals surface area contributed by atoms with Crippen LogP contribution in [-0.2, 0) is 11.2 Å². The lowest BCUT2D eigenvalue weighted by Crippen LogP contribution is -1.97. The minimum Gasteiger partial charge on any atom is -0.494 e.